The zero-order chi connectivity index (χ0) is 14.9. The largest absolute Gasteiger partial charge is 0.350 e. The number of benzene rings is 1. The summed E-state index contributed by atoms with van der Waals surface area (Å²) in [6, 6.07) is 6.41. The van der Waals surface area contributed by atoms with Crippen LogP contribution in [0.15, 0.2) is 30.5 Å². The summed E-state index contributed by atoms with van der Waals surface area (Å²) in [5.74, 6) is -0.296. The van der Waals surface area contributed by atoms with Gasteiger partial charge in [0.05, 0.1) is 17.0 Å². The van der Waals surface area contributed by atoms with Crippen molar-refractivity contribution in [1.82, 2.24) is 10.3 Å². The molecule has 1 aromatic carbocycles. The summed E-state index contributed by atoms with van der Waals surface area (Å²) >= 11 is 1.58. The van der Waals surface area contributed by atoms with Gasteiger partial charge in [-0.05, 0) is 37.5 Å². The molecule has 1 aliphatic rings. The van der Waals surface area contributed by atoms with Crippen LogP contribution < -0.4 is 5.32 Å². The van der Waals surface area contributed by atoms with E-state index in [-0.39, 0.29) is 11.7 Å². The van der Waals surface area contributed by atoms with Gasteiger partial charge in [0.15, 0.2) is 0 Å². The summed E-state index contributed by atoms with van der Waals surface area (Å²) in [5.41, 5.74) is 0.230. The minimum absolute atomic E-state index is 0.00889. The number of aromatic nitrogens is 1. The number of hydrogen-bond donors (Lipinski definition) is 1. The van der Waals surface area contributed by atoms with Crippen molar-refractivity contribution in [2.24, 2.45) is 0 Å². The lowest BCUT2D eigenvalue weighted by Crippen LogP contribution is -2.49. The van der Waals surface area contributed by atoms with Gasteiger partial charge in [0, 0.05) is 11.1 Å². The van der Waals surface area contributed by atoms with E-state index < -0.39 is 5.41 Å². The van der Waals surface area contributed by atoms with Crippen LogP contribution in [0.4, 0.5) is 4.39 Å². The van der Waals surface area contributed by atoms with E-state index in [1.165, 1.54) is 12.1 Å². The maximum atomic E-state index is 13.4. The molecule has 5 heteroatoms. The van der Waals surface area contributed by atoms with Gasteiger partial charge in [0.25, 0.3) is 0 Å². The maximum Gasteiger partial charge on any atom is 0.230 e. The molecule has 2 aromatic rings. The molecule has 0 unspecified atom stereocenters. The van der Waals surface area contributed by atoms with E-state index in [0.717, 1.165) is 34.7 Å². The minimum Gasteiger partial charge on any atom is -0.350 e. The fourth-order valence-electron chi connectivity index (χ4n) is 2.79. The summed E-state index contributed by atoms with van der Waals surface area (Å²) in [6.07, 6.45) is 4.35. The summed E-state index contributed by atoms with van der Waals surface area (Å²) in [7, 11) is 0. The first-order valence-electron chi connectivity index (χ1n) is 7.06. The highest BCUT2D eigenvalue weighted by Gasteiger charge is 2.45. The molecule has 21 heavy (non-hydrogen) atoms. The number of aryl methyl sites for hydroxylation is 1. The molecule has 1 saturated carbocycles. The number of carbonyl (C=O) groups excluding carboxylic acids is 1. The lowest BCUT2D eigenvalue weighted by atomic mass is 9.64. The van der Waals surface area contributed by atoms with Gasteiger partial charge in [-0.2, -0.15) is 0 Å². The predicted molar refractivity (Wildman–Crippen MR) is 80.6 cm³/mol. The lowest BCUT2D eigenvalue weighted by Gasteiger charge is -2.40. The molecular weight excluding hydrogens is 287 g/mol. The Morgan fingerprint density at radius 2 is 2.29 bits per heavy atom. The maximum absolute atomic E-state index is 13.4. The molecule has 1 N–H and O–H groups in total. The second-order valence-electron chi connectivity index (χ2n) is 5.47. The van der Waals surface area contributed by atoms with Crippen molar-refractivity contribution in [2.45, 2.75) is 38.1 Å². The average Bonchev–Trinajstić information content (AvgIpc) is 2.81. The highest BCUT2D eigenvalue weighted by molar-refractivity contribution is 7.11. The second kappa shape index (κ2) is 5.56. The number of thiazole rings is 1. The van der Waals surface area contributed by atoms with Crippen molar-refractivity contribution in [2.75, 3.05) is 0 Å². The summed E-state index contributed by atoms with van der Waals surface area (Å²) in [4.78, 5) is 17.8. The van der Waals surface area contributed by atoms with Crippen LogP contribution in [0, 0.1) is 12.7 Å². The van der Waals surface area contributed by atoms with Crippen LogP contribution in [0.5, 0.6) is 0 Å². The number of rotatable bonds is 4. The van der Waals surface area contributed by atoms with Gasteiger partial charge in [-0.15, -0.1) is 11.3 Å². The Morgan fingerprint density at radius 1 is 1.48 bits per heavy atom. The predicted octanol–water partition coefficient (Wildman–Crippen LogP) is 3.33. The average molecular weight is 304 g/mol. The molecule has 1 aliphatic carbocycles. The first kappa shape index (κ1) is 14.2. The first-order valence-corrected chi connectivity index (χ1v) is 7.87. The van der Waals surface area contributed by atoms with Crippen molar-refractivity contribution >= 4 is 17.2 Å². The molecule has 1 heterocycles. The highest BCUT2D eigenvalue weighted by Crippen LogP contribution is 2.44. The Kier molecular flexibility index (Phi) is 3.76. The summed E-state index contributed by atoms with van der Waals surface area (Å²) < 4.78 is 13.4. The van der Waals surface area contributed by atoms with Crippen molar-refractivity contribution in [3.63, 3.8) is 0 Å². The molecule has 0 aliphatic heterocycles. The molecule has 0 atom stereocenters. The Hall–Kier alpha value is -1.75. The quantitative estimate of drug-likeness (QED) is 0.941. The van der Waals surface area contributed by atoms with Gasteiger partial charge in [-0.3, -0.25) is 4.79 Å². The molecule has 3 nitrogen and oxygen atoms in total. The van der Waals surface area contributed by atoms with E-state index in [9.17, 15) is 9.18 Å². The molecule has 1 amide bonds. The number of hydrogen-bond acceptors (Lipinski definition) is 3. The fraction of sp³-hybridized carbons (Fsp3) is 0.375. The van der Waals surface area contributed by atoms with E-state index in [0.29, 0.717) is 6.54 Å². The number of halogens is 1. The van der Waals surface area contributed by atoms with Gasteiger partial charge in [0.1, 0.15) is 5.82 Å². The van der Waals surface area contributed by atoms with Gasteiger partial charge in [0.2, 0.25) is 5.91 Å². The van der Waals surface area contributed by atoms with Crippen LogP contribution in [-0.2, 0) is 16.8 Å². The van der Waals surface area contributed by atoms with E-state index in [1.54, 1.807) is 23.6 Å². The Bertz CT molecular complexity index is 664. The monoisotopic (exact) mass is 304 g/mol. The minimum atomic E-state index is -0.554. The number of carbonyl (C=O) groups is 1. The topological polar surface area (TPSA) is 42.0 Å². The van der Waals surface area contributed by atoms with Crippen molar-refractivity contribution in [1.29, 1.82) is 0 Å². The molecule has 0 spiro atoms. The zero-order valence-corrected chi connectivity index (χ0v) is 12.7. The molecule has 0 saturated heterocycles. The van der Waals surface area contributed by atoms with Crippen LogP contribution >= 0.6 is 11.3 Å². The van der Waals surface area contributed by atoms with E-state index in [1.807, 2.05) is 13.0 Å². The van der Waals surface area contributed by atoms with E-state index in [2.05, 4.69) is 10.3 Å². The molecule has 0 bridgehead atoms. The SMILES string of the molecule is Cc1ncc(CNC(=O)C2(c3cccc(F)c3)CCC2)s1. The third kappa shape index (κ3) is 2.70. The number of nitrogens with zero attached hydrogens (tertiary/aromatic N) is 1. The van der Waals surface area contributed by atoms with Gasteiger partial charge in [-0.25, -0.2) is 9.37 Å². The van der Waals surface area contributed by atoms with E-state index >= 15 is 0 Å². The zero-order valence-electron chi connectivity index (χ0n) is 11.9. The molecule has 1 fully saturated rings. The van der Waals surface area contributed by atoms with Crippen LogP contribution in [0.2, 0.25) is 0 Å². The third-order valence-electron chi connectivity index (χ3n) is 4.11. The molecule has 3 rings (SSSR count). The van der Waals surface area contributed by atoms with Crippen LogP contribution in [-0.4, -0.2) is 10.9 Å². The first-order chi connectivity index (χ1) is 10.1. The Balaban J connectivity index is 1.75. The van der Waals surface area contributed by atoms with Gasteiger partial charge in [-0.1, -0.05) is 18.6 Å². The lowest BCUT2D eigenvalue weighted by molar-refractivity contribution is -0.130. The summed E-state index contributed by atoms with van der Waals surface area (Å²) in [6.45, 7) is 2.43. The summed E-state index contributed by atoms with van der Waals surface area (Å²) in [5, 5.41) is 3.97. The number of amides is 1. The van der Waals surface area contributed by atoms with Crippen molar-refractivity contribution in [3.8, 4) is 0 Å². The normalized spacial score (nSPS) is 16.3. The van der Waals surface area contributed by atoms with Gasteiger partial charge < -0.3 is 5.32 Å². The Morgan fingerprint density at radius 3 is 2.86 bits per heavy atom. The van der Waals surface area contributed by atoms with Crippen molar-refractivity contribution in [3.05, 3.63) is 51.7 Å². The fourth-order valence-corrected chi connectivity index (χ4v) is 3.52. The standard InChI is InChI=1S/C16H17FN2OS/c1-11-18-9-14(21-11)10-19-15(20)16(6-3-7-16)12-4-2-5-13(17)8-12/h2,4-5,8-9H,3,6-7,10H2,1H3,(H,19,20). The van der Waals surface area contributed by atoms with E-state index in [4.69, 9.17) is 0 Å². The molecule has 0 radical (unpaired) electrons. The Labute approximate surface area is 127 Å². The van der Waals surface area contributed by atoms with Crippen LogP contribution in [0.3, 0.4) is 0 Å². The van der Waals surface area contributed by atoms with Crippen LogP contribution in [0.25, 0.3) is 0 Å². The van der Waals surface area contributed by atoms with Crippen molar-refractivity contribution < 1.29 is 9.18 Å². The third-order valence-corrected chi connectivity index (χ3v) is 5.02. The van der Waals surface area contributed by atoms with Crippen LogP contribution in [0.1, 0.15) is 34.7 Å². The highest BCUT2D eigenvalue weighted by atomic mass is 32.1. The van der Waals surface area contributed by atoms with Gasteiger partial charge >= 0.3 is 0 Å². The second-order valence-corrected chi connectivity index (χ2v) is 6.79. The number of nitrogens with one attached hydrogen (secondary N) is 1. The molecular formula is C16H17FN2OS. The smallest absolute Gasteiger partial charge is 0.230 e. The molecule has 110 valence electrons. The molecule has 1 aromatic heterocycles.